The summed E-state index contributed by atoms with van der Waals surface area (Å²) in [5.41, 5.74) is 15.9. The fourth-order valence-corrected chi connectivity index (χ4v) is 2.91. The molecule has 9 heteroatoms. The number of aromatic nitrogens is 3. The minimum Gasteiger partial charge on any atom is -0.465 e. The van der Waals surface area contributed by atoms with Gasteiger partial charge in [0.15, 0.2) is 16.9 Å². The number of nitrogens with two attached hydrogens (primary N) is 2. The molecule has 0 amide bonds. The number of furan rings is 1. The molecule has 0 saturated heterocycles. The van der Waals surface area contributed by atoms with Crippen molar-refractivity contribution < 1.29 is 4.42 Å². The summed E-state index contributed by atoms with van der Waals surface area (Å²) in [6.07, 6.45) is 4.54. The molecule has 4 heterocycles. The summed E-state index contributed by atoms with van der Waals surface area (Å²) in [5, 5.41) is 11.1. The molecule has 0 bridgehead atoms. The summed E-state index contributed by atoms with van der Waals surface area (Å²) in [6.45, 7) is 0. The maximum Gasteiger partial charge on any atom is 0.227 e. The van der Waals surface area contributed by atoms with Gasteiger partial charge in [-0.15, -0.1) is 0 Å². The number of aryl methyl sites for hydroxylation is 1. The smallest absolute Gasteiger partial charge is 0.227 e. The summed E-state index contributed by atoms with van der Waals surface area (Å²) in [4.78, 5) is 8.53. The molecule has 3 aromatic heterocycles. The molecule has 1 aliphatic rings. The van der Waals surface area contributed by atoms with Crippen LogP contribution in [0.5, 0.6) is 0 Å². The Hall–Kier alpha value is -3.49. The van der Waals surface area contributed by atoms with Crippen LogP contribution in [0.15, 0.2) is 47.2 Å². The first-order valence-electron chi connectivity index (χ1n) is 7.81. The van der Waals surface area contributed by atoms with Crippen LogP contribution in [0.3, 0.4) is 0 Å². The Morgan fingerprint density at radius 3 is 2.88 bits per heavy atom. The number of nitrogen functional groups attached to an aromatic ring is 2. The summed E-state index contributed by atoms with van der Waals surface area (Å²) < 4.78 is 7.26. The number of hydrogen-bond donors (Lipinski definition) is 5. The maximum atomic E-state index is 7.75. The molecule has 9 nitrogen and oxygen atoms in total. The fraction of sp³-hybridized carbons (Fsp3) is 0.188. The standard InChI is InChI=1S/C16H18N8O/c17-10-3-4-11(20-9-10)5-6-16(12-2-1-7-25-12)22-15-21-13(18)8-14(19)24(15)23-16/h1-4,7-9,23H,5-6,17,19H2,(H2,18,21,22). The number of anilines is 3. The van der Waals surface area contributed by atoms with Gasteiger partial charge in [-0.3, -0.25) is 15.8 Å². The predicted molar refractivity (Wildman–Crippen MR) is 92.8 cm³/mol. The molecule has 0 fully saturated rings. The van der Waals surface area contributed by atoms with Crippen molar-refractivity contribution in [3.63, 3.8) is 0 Å². The monoisotopic (exact) mass is 338 g/mol. The van der Waals surface area contributed by atoms with Crippen LogP contribution in [0.25, 0.3) is 0 Å². The molecular formula is C16H18N8O. The number of pyridine rings is 1. The number of fused-ring (bicyclic) bond motifs is 1. The molecular weight excluding hydrogens is 320 g/mol. The Labute approximate surface area is 143 Å². The molecule has 1 unspecified atom stereocenters. The number of hydrogen-bond acceptors (Lipinski definition) is 8. The van der Waals surface area contributed by atoms with Crippen LogP contribution in [0.2, 0.25) is 0 Å². The van der Waals surface area contributed by atoms with Crippen molar-refractivity contribution in [2.45, 2.75) is 18.5 Å². The van der Waals surface area contributed by atoms with Gasteiger partial charge in [-0.1, -0.05) is 0 Å². The zero-order valence-corrected chi connectivity index (χ0v) is 13.4. The first-order valence-corrected chi connectivity index (χ1v) is 7.81. The van der Waals surface area contributed by atoms with Crippen molar-refractivity contribution in [3.05, 3.63) is 59.7 Å². The lowest BCUT2D eigenvalue weighted by atomic mass is 10.00. The Morgan fingerprint density at radius 1 is 1.28 bits per heavy atom. The van der Waals surface area contributed by atoms with E-state index in [1.807, 2.05) is 24.3 Å². The van der Waals surface area contributed by atoms with Crippen LogP contribution in [0, 0.1) is 5.41 Å². The van der Waals surface area contributed by atoms with E-state index in [4.69, 9.17) is 21.3 Å². The molecule has 1 aliphatic heterocycles. The van der Waals surface area contributed by atoms with Gasteiger partial charge in [0.25, 0.3) is 0 Å². The molecule has 7 N–H and O–H groups in total. The van der Waals surface area contributed by atoms with E-state index in [9.17, 15) is 0 Å². The van der Waals surface area contributed by atoms with E-state index in [-0.39, 0.29) is 5.49 Å². The van der Waals surface area contributed by atoms with Crippen LogP contribution >= 0.6 is 0 Å². The molecule has 0 radical (unpaired) electrons. The normalized spacial score (nSPS) is 18.4. The van der Waals surface area contributed by atoms with Crippen LogP contribution in [0.1, 0.15) is 17.9 Å². The third kappa shape index (κ3) is 2.65. The summed E-state index contributed by atoms with van der Waals surface area (Å²) in [5.74, 6) is 1.55. The topological polar surface area (TPSA) is 144 Å². The van der Waals surface area contributed by atoms with Gasteiger partial charge in [-0.25, -0.2) is 4.68 Å². The molecule has 0 spiro atoms. The average molecular weight is 338 g/mol. The summed E-state index contributed by atoms with van der Waals surface area (Å²) >= 11 is 0. The molecule has 25 heavy (non-hydrogen) atoms. The lowest BCUT2D eigenvalue weighted by molar-refractivity contribution is 0.377. The van der Waals surface area contributed by atoms with E-state index < -0.39 is 5.66 Å². The van der Waals surface area contributed by atoms with E-state index in [0.717, 1.165) is 5.69 Å². The highest BCUT2D eigenvalue weighted by molar-refractivity contribution is 5.49. The van der Waals surface area contributed by atoms with Crippen LogP contribution in [-0.4, -0.2) is 14.6 Å². The zero-order chi connectivity index (χ0) is 17.4. The Balaban J connectivity index is 1.67. The molecule has 0 aromatic carbocycles. The second-order valence-electron chi connectivity index (χ2n) is 5.93. The predicted octanol–water partition coefficient (Wildman–Crippen LogP) is 0.970. The van der Waals surface area contributed by atoms with Crippen LogP contribution < -0.4 is 27.7 Å². The molecule has 0 aliphatic carbocycles. The third-order valence-electron chi connectivity index (χ3n) is 4.15. The second kappa shape index (κ2) is 5.55. The van der Waals surface area contributed by atoms with Crippen molar-refractivity contribution in [1.82, 2.24) is 14.6 Å². The van der Waals surface area contributed by atoms with Gasteiger partial charge in [0.05, 0.1) is 18.1 Å². The summed E-state index contributed by atoms with van der Waals surface area (Å²) in [6, 6.07) is 8.91. The molecule has 128 valence electrons. The lowest BCUT2D eigenvalue weighted by Gasteiger charge is -2.27. The number of nitrogens with one attached hydrogen (secondary N) is 3. The van der Waals surface area contributed by atoms with Crippen LogP contribution in [-0.2, 0) is 12.1 Å². The highest BCUT2D eigenvalue weighted by atomic mass is 16.3. The fourth-order valence-electron chi connectivity index (χ4n) is 2.91. The maximum absolute atomic E-state index is 7.75. The van der Waals surface area contributed by atoms with Crippen molar-refractivity contribution in [3.8, 4) is 0 Å². The second-order valence-corrected chi connectivity index (χ2v) is 5.93. The zero-order valence-electron chi connectivity index (χ0n) is 13.4. The average Bonchev–Trinajstić information content (AvgIpc) is 3.22. The van der Waals surface area contributed by atoms with Gasteiger partial charge in [0, 0.05) is 18.2 Å². The van der Waals surface area contributed by atoms with Gasteiger partial charge < -0.3 is 21.2 Å². The largest absolute Gasteiger partial charge is 0.465 e. The minimum absolute atomic E-state index is 0.0912. The van der Waals surface area contributed by atoms with E-state index >= 15 is 0 Å². The van der Waals surface area contributed by atoms with Crippen molar-refractivity contribution >= 4 is 17.5 Å². The van der Waals surface area contributed by atoms with Gasteiger partial charge in [-0.05, 0) is 30.7 Å². The van der Waals surface area contributed by atoms with Crippen molar-refractivity contribution in [2.24, 2.45) is 0 Å². The van der Waals surface area contributed by atoms with E-state index in [1.165, 1.54) is 6.07 Å². The van der Waals surface area contributed by atoms with Crippen molar-refractivity contribution in [2.75, 3.05) is 22.2 Å². The Morgan fingerprint density at radius 2 is 2.16 bits per heavy atom. The third-order valence-corrected chi connectivity index (χ3v) is 4.15. The summed E-state index contributed by atoms with van der Waals surface area (Å²) in [7, 11) is 0. The molecule has 3 aromatic rings. The highest BCUT2D eigenvalue weighted by Gasteiger charge is 2.41. The highest BCUT2D eigenvalue weighted by Crippen LogP contribution is 2.34. The Kier molecular flexibility index (Phi) is 3.34. The molecule has 4 rings (SSSR count). The quantitative estimate of drug-likeness (QED) is 0.477. The first-order chi connectivity index (χ1) is 12.1. The van der Waals surface area contributed by atoms with E-state index in [0.29, 0.717) is 36.1 Å². The van der Waals surface area contributed by atoms with Gasteiger partial charge in [-0.2, -0.15) is 4.98 Å². The Bertz CT molecular complexity index is 947. The van der Waals surface area contributed by atoms with Crippen LogP contribution in [0.4, 0.5) is 17.5 Å². The van der Waals surface area contributed by atoms with Gasteiger partial charge in [0.2, 0.25) is 5.95 Å². The number of rotatable bonds is 4. The van der Waals surface area contributed by atoms with E-state index in [2.05, 4.69) is 20.7 Å². The van der Waals surface area contributed by atoms with Gasteiger partial charge in [0.1, 0.15) is 5.82 Å². The minimum atomic E-state index is -0.742. The lowest BCUT2D eigenvalue weighted by Crippen LogP contribution is -2.41. The van der Waals surface area contributed by atoms with E-state index in [1.54, 1.807) is 17.1 Å². The molecule has 0 saturated carbocycles. The first kappa shape index (κ1) is 15.1. The van der Waals surface area contributed by atoms with Gasteiger partial charge >= 0.3 is 0 Å². The van der Waals surface area contributed by atoms with Crippen molar-refractivity contribution in [1.29, 1.82) is 5.41 Å². The number of nitrogens with zero attached hydrogens (tertiary/aromatic N) is 3. The molecule has 1 atom stereocenters. The SMILES string of the molecule is N=c1cc(N)n2c(n1)NC(CCc1ccc(N)cn1)(c1ccco1)N2.